The van der Waals surface area contributed by atoms with Crippen molar-refractivity contribution in [2.24, 2.45) is 5.73 Å². The van der Waals surface area contributed by atoms with Gasteiger partial charge in [0.2, 0.25) is 0 Å². The largest absolute Gasteiger partial charge is 0.383 e. The maximum absolute atomic E-state index is 5.29. The predicted molar refractivity (Wildman–Crippen MR) is 41.8 cm³/mol. The first-order valence-corrected chi connectivity index (χ1v) is 3.27. The summed E-state index contributed by atoms with van der Waals surface area (Å²) >= 11 is 0. The van der Waals surface area contributed by atoms with Crippen molar-refractivity contribution in [3.05, 3.63) is 24.5 Å². The van der Waals surface area contributed by atoms with Crippen molar-refractivity contribution in [1.82, 2.24) is 4.98 Å². The number of aromatic nitrogens is 1. The highest BCUT2D eigenvalue weighted by Crippen LogP contribution is 2.00. The molecule has 0 saturated carbocycles. The van der Waals surface area contributed by atoms with E-state index in [9.17, 15) is 0 Å². The molecule has 0 fully saturated rings. The fourth-order valence-electron chi connectivity index (χ4n) is 0.684. The van der Waals surface area contributed by atoms with Crippen molar-refractivity contribution in [3.63, 3.8) is 0 Å². The van der Waals surface area contributed by atoms with E-state index < -0.39 is 0 Å². The molecule has 0 radical (unpaired) electrons. The van der Waals surface area contributed by atoms with Gasteiger partial charge >= 0.3 is 0 Å². The van der Waals surface area contributed by atoms with E-state index >= 15 is 0 Å². The zero-order valence-corrected chi connectivity index (χ0v) is 5.75. The summed E-state index contributed by atoms with van der Waals surface area (Å²) in [6.07, 6.45) is 3.52. The summed E-state index contributed by atoms with van der Waals surface area (Å²) in [5, 5.41) is 3.11. The fourth-order valence-corrected chi connectivity index (χ4v) is 0.684. The summed E-state index contributed by atoms with van der Waals surface area (Å²) in [6.45, 7) is 1.45. The maximum Gasteiger partial charge on any atom is 0.0527 e. The molecule has 0 aliphatic rings. The molecule has 0 aliphatic heterocycles. The van der Waals surface area contributed by atoms with E-state index in [-0.39, 0.29) is 0 Å². The van der Waals surface area contributed by atoms with Crippen molar-refractivity contribution in [3.8, 4) is 0 Å². The molecule has 1 rings (SSSR count). The van der Waals surface area contributed by atoms with E-state index in [0.29, 0.717) is 6.54 Å². The third kappa shape index (κ3) is 2.03. The van der Waals surface area contributed by atoms with Crippen LogP contribution in [0.15, 0.2) is 24.5 Å². The summed E-state index contributed by atoms with van der Waals surface area (Å²) in [6, 6.07) is 3.85. The lowest BCUT2D eigenvalue weighted by molar-refractivity contribution is 1.02. The first-order valence-electron chi connectivity index (χ1n) is 3.27. The molecule has 3 nitrogen and oxygen atoms in total. The molecule has 0 unspecified atom stereocenters. The number of nitrogens with two attached hydrogens (primary N) is 1. The Bertz CT molecular complexity index is 173. The molecule has 1 heterocycles. The summed E-state index contributed by atoms with van der Waals surface area (Å²) in [5.74, 6) is 0. The third-order valence-electron chi connectivity index (χ3n) is 1.13. The Kier molecular flexibility index (Phi) is 2.70. The average Bonchev–Trinajstić information content (AvgIpc) is 2.03. The van der Waals surface area contributed by atoms with Crippen molar-refractivity contribution in [2.45, 2.75) is 0 Å². The Morgan fingerprint density at radius 3 is 3.10 bits per heavy atom. The van der Waals surface area contributed by atoms with Gasteiger partial charge in [-0.15, -0.1) is 0 Å². The normalized spacial score (nSPS) is 9.30. The van der Waals surface area contributed by atoms with Crippen LogP contribution in [0.5, 0.6) is 0 Å². The molecule has 0 atom stereocenters. The average molecular weight is 137 g/mol. The number of anilines is 1. The molecule has 0 aromatic carbocycles. The van der Waals surface area contributed by atoms with Gasteiger partial charge in [0.25, 0.3) is 0 Å². The second-order valence-corrected chi connectivity index (χ2v) is 1.96. The minimum atomic E-state index is 0.648. The summed E-state index contributed by atoms with van der Waals surface area (Å²) in [7, 11) is 0. The molecule has 0 saturated heterocycles. The Labute approximate surface area is 60.3 Å². The van der Waals surface area contributed by atoms with Crippen LogP contribution in [0.1, 0.15) is 0 Å². The smallest absolute Gasteiger partial charge is 0.0527 e. The van der Waals surface area contributed by atoms with Crippen molar-refractivity contribution < 1.29 is 0 Å². The molecular formula is C7H11N3. The van der Waals surface area contributed by atoms with Crippen molar-refractivity contribution in [2.75, 3.05) is 18.4 Å². The third-order valence-corrected chi connectivity index (χ3v) is 1.13. The zero-order valence-electron chi connectivity index (χ0n) is 5.75. The SMILES string of the molecule is NCCNc1cccnc1. The van der Waals surface area contributed by atoms with Gasteiger partial charge < -0.3 is 11.1 Å². The van der Waals surface area contributed by atoms with E-state index in [4.69, 9.17) is 5.73 Å². The second-order valence-electron chi connectivity index (χ2n) is 1.96. The highest BCUT2D eigenvalue weighted by atomic mass is 14.9. The van der Waals surface area contributed by atoms with E-state index in [1.165, 1.54) is 0 Å². The van der Waals surface area contributed by atoms with E-state index in [0.717, 1.165) is 12.2 Å². The lowest BCUT2D eigenvalue weighted by Crippen LogP contribution is -2.12. The Morgan fingerprint density at radius 2 is 2.50 bits per heavy atom. The fraction of sp³-hybridized carbons (Fsp3) is 0.286. The van der Waals surface area contributed by atoms with Gasteiger partial charge in [0.1, 0.15) is 0 Å². The first-order chi connectivity index (χ1) is 4.93. The van der Waals surface area contributed by atoms with Gasteiger partial charge in [0.05, 0.1) is 5.69 Å². The van der Waals surface area contributed by atoms with Crippen LogP contribution < -0.4 is 11.1 Å². The van der Waals surface area contributed by atoms with Gasteiger partial charge in [-0.3, -0.25) is 4.98 Å². The molecule has 3 N–H and O–H groups in total. The second kappa shape index (κ2) is 3.85. The van der Waals surface area contributed by atoms with Gasteiger partial charge in [0.15, 0.2) is 0 Å². The molecule has 54 valence electrons. The molecule has 10 heavy (non-hydrogen) atoms. The molecule has 0 spiro atoms. The number of nitrogens with one attached hydrogen (secondary N) is 1. The van der Waals surface area contributed by atoms with Crippen molar-refractivity contribution in [1.29, 1.82) is 0 Å². The Hall–Kier alpha value is -1.09. The van der Waals surface area contributed by atoms with Gasteiger partial charge in [-0.1, -0.05) is 0 Å². The molecule has 1 aromatic rings. The number of hydrogen-bond donors (Lipinski definition) is 2. The van der Waals surface area contributed by atoms with Crippen LogP contribution in [-0.4, -0.2) is 18.1 Å². The lowest BCUT2D eigenvalue weighted by atomic mass is 10.4. The summed E-state index contributed by atoms with van der Waals surface area (Å²) in [4.78, 5) is 3.93. The van der Waals surface area contributed by atoms with Crippen LogP contribution in [0.4, 0.5) is 5.69 Å². The first kappa shape index (κ1) is 7.02. The van der Waals surface area contributed by atoms with Gasteiger partial charge in [0, 0.05) is 25.5 Å². The van der Waals surface area contributed by atoms with Crippen LogP contribution in [0.3, 0.4) is 0 Å². The molecular weight excluding hydrogens is 126 g/mol. The predicted octanol–water partition coefficient (Wildman–Crippen LogP) is 0.452. The summed E-state index contributed by atoms with van der Waals surface area (Å²) < 4.78 is 0. The number of nitrogens with zero attached hydrogens (tertiary/aromatic N) is 1. The van der Waals surface area contributed by atoms with E-state index in [1.807, 2.05) is 12.1 Å². The maximum atomic E-state index is 5.29. The van der Waals surface area contributed by atoms with Gasteiger partial charge in [-0.2, -0.15) is 0 Å². The lowest BCUT2D eigenvalue weighted by Gasteiger charge is -2.01. The minimum Gasteiger partial charge on any atom is -0.383 e. The highest BCUT2D eigenvalue weighted by Gasteiger charge is 1.85. The topological polar surface area (TPSA) is 50.9 Å². The standard InChI is InChI=1S/C7H11N3/c8-3-5-10-7-2-1-4-9-6-7/h1-2,4,6,10H,3,5,8H2. The van der Waals surface area contributed by atoms with E-state index in [2.05, 4.69) is 10.3 Å². The molecule has 0 amide bonds. The van der Waals surface area contributed by atoms with Crippen LogP contribution in [-0.2, 0) is 0 Å². The van der Waals surface area contributed by atoms with Crippen LogP contribution >= 0.6 is 0 Å². The molecule has 3 heteroatoms. The number of pyridine rings is 1. The van der Waals surface area contributed by atoms with Gasteiger partial charge in [-0.25, -0.2) is 0 Å². The van der Waals surface area contributed by atoms with E-state index in [1.54, 1.807) is 12.4 Å². The minimum absolute atomic E-state index is 0.648. The highest BCUT2D eigenvalue weighted by molar-refractivity contribution is 5.39. The molecule has 0 aliphatic carbocycles. The van der Waals surface area contributed by atoms with Gasteiger partial charge in [-0.05, 0) is 12.1 Å². The monoisotopic (exact) mass is 137 g/mol. The van der Waals surface area contributed by atoms with Crippen LogP contribution in [0, 0.1) is 0 Å². The molecule has 0 bridgehead atoms. The Morgan fingerprint density at radius 1 is 1.60 bits per heavy atom. The van der Waals surface area contributed by atoms with Crippen molar-refractivity contribution >= 4 is 5.69 Å². The Balaban J connectivity index is 2.43. The van der Waals surface area contributed by atoms with Crippen LogP contribution in [0.25, 0.3) is 0 Å². The number of rotatable bonds is 3. The quantitative estimate of drug-likeness (QED) is 0.636. The van der Waals surface area contributed by atoms with Crippen LogP contribution in [0.2, 0.25) is 0 Å². The molecule has 1 aromatic heterocycles. The number of hydrogen-bond acceptors (Lipinski definition) is 3. The zero-order chi connectivity index (χ0) is 7.23. The summed E-state index contributed by atoms with van der Waals surface area (Å²) in [5.41, 5.74) is 6.31.